The molecular formula is C20H19BrN2O3S2. The van der Waals surface area contributed by atoms with Crippen molar-refractivity contribution < 1.29 is 13.2 Å². The highest BCUT2D eigenvalue weighted by Crippen LogP contribution is 2.48. The van der Waals surface area contributed by atoms with E-state index in [1.54, 1.807) is 6.92 Å². The van der Waals surface area contributed by atoms with Gasteiger partial charge in [-0.05, 0) is 15.9 Å². The quantitative estimate of drug-likeness (QED) is 0.486. The second kappa shape index (κ2) is 9.00. The maximum Gasteiger partial charge on any atom is 0.253 e. The third-order valence-corrected chi connectivity index (χ3v) is 7.72. The predicted octanol–water partition coefficient (Wildman–Crippen LogP) is 4.99. The van der Waals surface area contributed by atoms with Crippen molar-refractivity contribution in [2.45, 2.75) is 11.1 Å². The minimum atomic E-state index is -3.68. The smallest absolute Gasteiger partial charge is 0.253 e. The van der Waals surface area contributed by atoms with Crippen molar-refractivity contribution in [1.29, 1.82) is 0 Å². The summed E-state index contributed by atoms with van der Waals surface area (Å²) in [6.45, 7) is 2.02. The van der Waals surface area contributed by atoms with E-state index in [1.807, 2.05) is 60.7 Å². The van der Waals surface area contributed by atoms with Gasteiger partial charge in [-0.1, -0.05) is 67.6 Å². The average molecular weight is 479 g/mol. The van der Waals surface area contributed by atoms with Crippen LogP contribution in [0.4, 0.5) is 5.69 Å². The molecule has 8 heteroatoms. The first-order valence-electron chi connectivity index (χ1n) is 8.53. The third-order valence-electron chi connectivity index (χ3n) is 3.87. The lowest BCUT2D eigenvalue weighted by molar-refractivity contribution is 0.407. The lowest BCUT2D eigenvalue weighted by Gasteiger charge is -2.09. The van der Waals surface area contributed by atoms with E-state index in [0.29, 0.717) is 16.0 Å². The van der Waals surface area contributed by atoms with Crippen LogP contribution in [-0.2, 0) is 10.0 Å². The Balaban J connectivity index is 2.23. The van der Waals surface area contributed by atoms with E-state index in [0.717, 1.165) is 28.2 Å². The molecule has 2 aromatic carbocycles. The van der Waals surface area contributed by atoms with Crippen molar-refractivity contribution in [3.63, 3.8) is 0 Å². The summed E-state index contributed by atoms with van der Waals surface area (Å²) in [5.41, 5.74) is 3.02. The van der Waals surface area contributed by atoms with Gasteiger partial charge in [0, 0.05) is 17.7 Å². The number of rotatable bonds is 7. The molecule has 1 N–H and O–H groups in total. The topological polar surface area (TPSA) is 67.8 Å². The van der Waals surface area contributed by atoms with Crippen LogP contribution >= 0.6 is 27.3 Å². The maximum absolute atomic E-state index is 12.6. The van der Waals surface area contributed by atoms with Crippen LogP contribution in [0.25, 0.3) is 0 Å². The van der Waals surface area contributed by atoms with Gasteiger partial charge in [0.15, 0.2) is 9.96 Å². The number of ether oxygens (including phenoxy) is 1. The number of hydrogen-bond donors (Lipinski definition) is 1. The van der Waals surface area contributed by atoms with Crippen LogP contribution in [0.15, 0.2) is 73.7 Å². The van der Waals surface area contributed by atoms with Crippen LogP contribution in [0.2, 0.25) is 0 Å². The molecule has 0 aliphatic rings. The lowest BCUT2D eigenvalue weighted by atomic mass is 10.0. The van der Waals surface area contributed by atoms with E-state index in [1.165, 1.54) is 7.11 Å². The Morgan fingerprint density at radius 1 is 1.07 bits per heavy atom. The van der Waals surface area contributed by atoms with Gasteiger partial charge >= 0.3 is 0 Å². The van der Waals surface area contributed by atoms with Gasteiger partial charge in [0.05, 0.1) is 12.8 Å². The largest absolute Gasteiger partial charge is 0.492 e. The average Bonchev–Trinajstić information content (AvgIpc) is 3.03. The Morgan fingerprint density at radius 2 is 1.61 bits per heavy atom. The monoisotopic (exact) mass is 478 g/mol. The Kier molecular flexibility index (Phi) is 6.66. The molecule has 3 rings (SSSR count). The van der Waals surface area contributed by atoms with Crippen molar-refractivity contribution in [2.24, 2.45) is 4.99 Å². The standard InChI is InChI=1S/C20H19BrN2O3S2/c1-3-22-28(24,25)20-18(26-2)17(19(21)27-20)23-16(14-10-6-4-7-11-14)15-12-8-5-9-13-15/h4-13,22H,3H2,1-2H3. The molecule has 146 valence electrons. The van der Waals surface area contributed by atoms with E-state index < -0.39 is 10.0 Å². The Labute approximate surface area is 177 Å². The number of nitrogens with one attached hydrogen (secondary N) is 1. The molecular weight excluding hydrogens is 460 g/mol. The van der Waals surface area contributed by atoms with Crippen LogP contribution < -0.4 is 9.46 Å². The highest BCUT2D eigenvalue weighted by Gasteiger charge is 2.27. The van der Waals surface area contributed by atoms with Gasteiger partial charge in [-0.15, -0.1) is 11.3 Å². The van der Waals surface area contributed by atoms with Gasteiger partial charge in [0.25, 0.3) is 10.0 Å². The van der Waals surface area contributed by atoms with Crippen molar-refractivity contribution in [1.82, 2.24) is 4.72 Å². The summed E-state index contributed by atoms with van der Waals surface area (Å²) in [4.78, 5) is 4.83. The molecule has 0 spiro atoms. The molecule has 0 amide bonds. The van der Waals surface area contributed by atoms with Crippen LogP contribution in [-0.4, -0.2) is 27.8 Å². The summed E-state index contributed by atoms with van der Waals surface area (Å²) < 4.78 is 33.8. The van der Waals surface area contributed by atoms with Crippen molar-refractivity contribution in [2.75, 3.05) is 13.7 Å². The van der Waals surface area contributed by atoms with Crippen molar-refractivity contribution in [3.8, 4) is 5.75 Å². The number of hydrogen-bond acceptors (Lipinski definition) is 5. The molecule has 0 aliphatic heterocycles. The third kappa shape index (κ3) is 4.35. The van der Waals surface area contributed by atoms with Crippen LogP contribution in [0.3, 0.4) is 0 Å². The fraction of sp³-hybridized carbons (Fsp3) is 0.150. The van der Waals surface area contributed by atoms with Crippen molar-refractivity contribution in [3.05, 3.63) is 75.6 Å². The molecule has 0 radical (unpaired) electrons. The van der Waals surface area contributed by atoms with Crippen LogP contribution in [0.5, 0.6) is 5.75 Å². The van der Waals surface area contributed by atoms with Crippen LogP contribution in [0.1, 0.15) is 18.1 Å². The first kappa shape index (κ1) is 20.7. The summed E-state index contributed by atoms with van der Waals surface area (Å²) in [6.07, 6.45) is 0. The number of halogens is 1. The van der Waals surface area contributed by atoms with E-state index in [2.05, 4.69) is 20.7 Å². The molecule has 5 nitrogen and oxygen atoms in total. The van der Waals surface area contributed by atoms with Gasteiger partial charge in [0.1, 0.15) is 9.47 Å². The van der Waals surface area contributed by atoms with E-state index in [-0.39, 0.29) is 9.96 Å². The maximum atomic E-state index is 12.6. The zero-order chi connectivity index (χ0) is 20.1. The molecule has 1 heterocycles. The number of aliphatic imine (C=N–C) groups is 1. The second-order valence-electron chi connectivity index (χ2n) is 5.74. The van der Waals surface area contributed by atoms with Gasteiger partial charge < -0.3 is 4.74 Å². The minimum Gasteiger partial charge on any atom is -0.492 e. The highest BCUT2D eigenvalue weighted by molar-refractivity contribution is 9.11. The molecule has 0 aliphatic carbocycles. The summed E-state index contributed by atoms with van der Waals surface area (Å²) >= 11 is 4.54. The van der Waals surface area contributed by atoms with Gasteiger partial charge in [-0.3, -0.25) is 0 Å². The minimum absolute atomic E-state index is 0.1000. The fourth-order valence-corrected chi connectivity index (χ4v) is 6.22. The fourth-order valence-electron chi connectivity index (χ4n) is 2.67. The van der Waals surface area contributed by atoms with E-state index in [4.69, 9.17) is 9.73 Å². The first-order chi connectivity index (χ1) is 13.5. The number of sulfonamides is 1. The van der Waals surface area contributed by atoms with Gasteiger partial charge in [-0.2, -0.15) is 0 Å². The summed E-state index contributed by atoms with van der Waals surface area (Å²) in [5.74, 6) is 0.224. The first-order valence-corrected chi connectivity index (χ1v) is 11.6. The molecule has 1 aromatic heterocycles. The van der Waals surface area contributed by atoms with Gasteiger partial charge in [-0.25, -0.2) is 18.1 Å². The number of nitrogens with zero attached hydrogens (tertiary/aromatic N) is 1. The Bertz CT molecular complexity index is 1040. The predicted molar refractivity (Wildman–Crippen MR) is 118 cm³/mol. The Morgan fingerprint density at radius 3 is 2.07 bits per heavy atom. The van der Waals surface area contributed by atoms with Crippen molar-refractivity contribution >= 4 is 48.7 Å². The molecule has 0 atom stereocenters. The van der Waals surface area contributed by atoms with Gasteiger partial charge in [0.2, 0.25) is 0 Å². The molecule has 0 saturated carbocycles. The SMILES string of the molecule is CCNS(=O)(=O)c1sc(Br)c(N=C(c2ccccc2)c2ccccc2)c1OC. The van der Waals surface area contributed by atoms with E-state index >= 15 is 0 Å². The number of thiophene rings is 1. The highest BCUT2D eigenvalue weighted by atomic mass is 79.9. The zero-order valence-electron chi connectivity index (χ0n) is 15.3. The zero-order valence-corrected chi connectivity index (χ0v) is 18.6. The summed E-state index contributed by atoms with van der Waals surface area (Å²) in [7, 11) is -2.23. The summed E-state index contributed by atoms with van der Waals surface area (Å²) in [6, 6.07) is 19.5. The number of benzene rings is 2. The molecule has 28 heavy (non-hydrogen) atoms. The molecule has 0 unspecified atom stereocenters. The van der Waals surface area contributed by atoms with Crippen LogP contribution in [0, 0.1) is 0 Å². The summed E-state index contributed by atoms with van der Waals surface area (Å²) in [5, 5.41) is 0. The molecule has 0 fully saturated rings. The molecule has 0 saturated heterocycles. The molecule has 3 aromatic rings. The Hall–Kier alpha value is -2.00. The second-order valence-corrected chi connectivity index (χ2v) is 10.0. The molecule has 0 bridgehead atoms. The normalized spacial score (nSPS) is 11.2. The number of methoxy groups -OCH3 is 1. The van der Waals surface area contributed by atoms with E-state index in [9.17, 15) is 8.42 Å². The lowest BCUT2D eigenvalue weighted by Crippen LogP contribution is -2.22.